The van der Waals surface area contributed by atoms with Crippen LogP contribution in [0.2, 0.25) is 0 Å². The summed E-state index contributed by atoms with van der Waals surface area (Å²) in [6, 6.07) is 0. The minimum atomic E-state index is -0.978. The van der Waals surface area contributed by atoms with E-state index in [4.69, 9.17) is 14.9 Å². The monoisotopic (exact) mass is 372 g/mol. The van der Waals surface area contributed by atoms with Gasteiger partial charge in [0.1, 0.15) is 12.7 Å². The molecule has 5 heteroatoms. The van der Waals surface area contributed by atoms with Crippen LogP contribution in [0.15, 0.2) is 12.2 Å². The van der Waals surface area contributed by atoms with Crippen molar-refractivity contribution in [2.24, 2.45) is 0 Å². The average Bonchev–Trinajstić information content (AvgIpc) is 2.64. The maximum Gasteiger partial charge on any atom is 0.305 e. The van der Waals surface area contributed by atoms with Crippen LogP contribution in [-0.2, 0) is 9.53 Å². The van der Waals surface area contributed by atoms with Crippen molar-refractivity contribution in [2.45, 2.75) is 103 Å². The number of allylic oxidation sites excluding steroid dienone is 1. The highest BCUT2D eigenvalue weighted by Gasteiger charge is 2.07. The van der Waals surface area contributed by atoms with Crippen molar-refractivity contribution in [3.8, 4) is 0 Å². The quantitative estimate of drug-likeness (QED) is 0.193. The third kappa shape index (κ3) is 17.9. The van der Waals surface area contributed by atoms with Gasteiger partial charge in [-0.3, -0.25) is 4.79 Å². The highest BCUT2D eigenvalue weighted by Crippen LogP contribution is 2.10. The Labute approximate surface area is 159 Å². The first kappa shape index (κ1) is 25.1. The fraction of sp³-hybridized carbons (Fsp3) is 0.857. The van der Waals surface area contributed by atoms with Gasteiger partial charge in [0.15, 0.2) is 0 Å². The van der Waals surface area contributed by atoms with Gasteiger partial charge in [0.25, 0.3) is 0 Å². The van der Waals surface area contributed by atoms with Gasteiger partial charge < -0.3 is 20.1 Å². The van der Waals surface area contributed by atoms with Crippen LogP contribution in [0.3, 0.4) is 0 Å². The summed E-state index contributed by atoms with van der Waals surface area (Å²) in [5.74, 6) is -0.311. The number of rotatable bonds is 18. The molecule has 5 nitrogen and oxygen atoms in total. The van der Waals surface area contributed by atoms with E-state index in [0.717, 1.165) is 57.8 Å². The van der Waals surface area contributed by atoms with Crippen LogP contribution >= 0.6 is 0 Å². The number of carbonyl (C=O) groups is 1. The SMILES string of the molecule is CCCCCCC(O)C/C=C/CCCCCCCC(=O)OCC(O)CO. The van der Waals surface area contributed by atoms with Crippen LogP contribution in [-0.4, -0.2) is 46.7 Å². The number of hydrogen-bond donors (Lipinski definition) is 3. The maximum absolute atomic E-state index is 11.4. The number of hydrogen-bond acceptors (Lipinski definition) is 5. The number of carbonyl (C=O) groups excluding carboxylic acids is 1. The Kier molecular flexibility index (Phi) is 18.2. The van der Waals surface area contributed by atoms with Gasteiger partial charge in [-0.05, 0) is 32.1 Å². The Morgan fingerprint density at radius 3 is 2.35 bits per heavy atom. The number of ether oxygens (including phenoxy) is 1. The van der Waals surface area contributed by atoms with Crippen LogP contribution in [0.5, 0.6) is 0 Å². The lowest BCUT2D eigenvalue weighted by atomic mass is 10.1. The molecule has 0 fully saturated rings. The molecule has 0 saturated carbocycles. The summed E-state index contributed by atoms with van der Waals surface area (Å²) in [7, 11) is 0. The lowest BCUT2D eigenvalue weighted by Crippen LogP contribution is -2.21. The largest absolute Gasteiger partial charge is 0.463 e. The smallest absolute Gasteiger partial charge is 0.305 e. The van der Waals surface area contributed by atoms with E-state index in [9.17, 15) is 9.90 Å². The van der Waals surface area contributed by atoms with Crippen LogP contribution in [0.4, 0.5) is 0 Å². The summed E-state index contributed by atoms with van der Waals surface area (Å²) in [6.07, 6.45) is 16.2. The van der Waals surface area contributed by atoms with Crippen molar-refractivity contribution in [2.75, 3.05) is 13.2 Å². The molecule has 0 aromatic heterocycles. The van der Waals surface area contributed by atoms with E-state index in [2.05, 4.69) is 19.1 Å². The number of aliphatic hydroxyl groups excluding tert-OH is 3. The van der Waals surface area contributed by atoms with Gasteiger partial charge in [-0.25, -0.2) is 0 Å². The van der Waals surface area contributed by atoms with Gasteiger partial charge >= 0.3 is 5.97 Å². The summed E-state index contributed by atoms with van der Waals surface area (Å²) in [5, 5.41) is 27.6. The van der Waals surface area contributed by atoms with Crippen molar-refractivity contribution < 1.29 is 24.9 Å². The summed E-state index contributed by atoms with van der Waals surface area (Å²) in [4.78, 5) is 11.4. The van der Waals surface area contributed by atoms with Crippen LogP contribution in [0.25, 0.3) is 0 Å². The number of unbranched alkanes of at least 4 members (excludes halogenated alkanes) is 8. The Balaban J connectivity index is 3.36. The third-order valence-corrected chi connectivity index (χ3v) is 4.36. The molecule has 0 aliphatic rings. The van der Waals surface area contributed by atoms with E-state index in [1.807, 2.05) is 0 Å². The van der Waals surface area contributed by atoms with Crippen LogP contribution < -0.4 is 0 Å². The van der Waals surface area contributed by atoms with Crippen molar-refractivity contribution in [1.29, 1.82) is 0 Å². The highest BCUT2D eigenvalue weighted by atomic mass is 16.5. The summed E-state index contributed by atoms with van der Waals surface area (Å²) >= 11 is 0. The fourth-order valence-corrected chi connectivity index (χ4v) is 2.67. The standard InChI is InChI=1S/C21H40O5/c1-2-3-4-11-14-19(23)15-12-9-7-5-6-8-10-13-16-21(25)26-18-20(24)17-22/h9,12,19-20,22-24H,2-8,10-11,13-18H2,1H3/b12-9+. The molecule has 0 saturated heterocycles. The second-order valence-electron chi connectivity index (χ2n) is 7.04. The molecule has 0 bridgehead atoms. The molecule has 0 aromatic carbocycles. The Bertz CT molecular complexity index is 343. The van der Waals surface area contributed by atoms with Crippen molar-refractivity contribution >= 4 is 5.97 Å². The lowest BCUT2D eigenvalue weighted by Gasteiger charge is -2.08. The van der Waals surface area contributed by atoms with Gasteiger partial charge in [-0.1, -0.05) is 64.0 Å². The first-order valence-corrected chi connectivity index (χ1v) is 10.4. The molecular weight excluding hydrogens is 332 g/mol. The van der Waals surface area contributed by atoms with E-state index < -0.39 is 6.10 Å². The fourth-order valence-electron chi connectivity index (χ4n) is 2.67. The molecule has 0 aromatic rings. The summed E-state index contributed by atoms with van der Waals surface area (Å²) < 4.78 is 4.84. The molecule has 0 aliphatic heterocycles. The van der Waals surface area contributed by atoms with E-state index in [1.165, 1.54) is 19.3 Å². The second-order valence-corrected chi connectivity index (χ2v) is 7.04. The van der Waals surface area contributed by atoms with Gasteiger partial charge in [0.2, 0.25) is 0 Å². The van der Waals surface area contributed by atoms with Gasteiger partial charge in [-0.15, -0.1) is 0 Å². The molecule has 0 amide bonds. The Hall–Kier alpha value is -0.910. The highest BCUT2D eigenvalue weighted by molar-refractivity contribution is 5.69. The summed E-state index contributed by atoms with van der Waals surface area (Å²) in [6.45, 7) is 1.68. The van der Waals surface area contributed by atoms with Gasteiger partial charge in [-0.2, -0.15) is 0 Å². The normalized spacial score (nSPS) is 13.8. The summed E-state index contributed by atoms with van der Waals surface area (Å²) in [5.41, 5.74) is 0. The molecule has 2 unspecified atom stereocenters. The molecule has 0 radical (unpaired) electrons. The number of esters is 1. The molecule has 26 heavy (non-hydrogen) atoms. The predicted molar refractivity (Wildman–Crippen MR) is 105 cm³/mol. The zero-order valence-corrected chi connectivity index (χ0v) is 16.6. The van der Waals surface area contributed by atoms with E-state index in [-0.39, 0.29) is 25.3 Å². The molecule has 0 aliphatic carbocycles. The van der Waals surface area contributed by atoms with Crippen LogP contribution in [0, 0.1) is 0 Å². The Morgan fingerprint density at radius 1 is 0.923 bits per heavy atom. The van der Waals surface area contributed by atoms with Crippen LogP contribution in [0.1, 0.15) is 90.4 Å². The molecule has 0 rings (SSSR count). The van der Waals surface area contributed by atoms with E-state index in [1.54, 1.807) is 0 Å². The first-order chi connectivity index (χ1) is 12.6. The maximum atomic E-state index is 11.4. The average molecular weight is 373 g/mol. The molecule has 3 N–H and O–H groups in total. The molecule has 154 valence electrons. The zero-order chi connectivity index (χ0) is 19.5. The zero-order valence-electron chi connectivity index (χ0n) is 16.6. The third-order valence-electron chi connectivity index (χ3n) is 4.36. The minimum absolute atomic E-state index is 0.130. The second kappa shape index (κ2) is 18.9. The molecule has 0 heterocycles. The van der Waals surface area contributed by atoms with Gasteiger partial charge in [0, 0.05) is 6.42 Å². The minimum Gasteiger partial charge on any atom is -0.463 e. The Morgan fingerprint density at radius 2 is 1.62 bits per heavy atom. The van der Waals surface area contributed by atoms with Crippen molar-refractivity contribution in [3.63, 3.8) is 0 Å². The molecular formula is C21H40O5. The number of aliphatic hydroxyl groups is 3. The first-order valence-electron chi connectivity index (χ1n) is 10.4. The van der Waals surface area contributed by atoms with E-state index >= 15 is 0 Å². The molecule has 2 atom stereocenters. The topological polar surface area (TPSA) is 87.0 Å². The van der Waals surface area contributed by atoms with E-state index in [0.29, 0.717) is 6.42 Å². The molecule has 0 spiro atoms. The van der Waals surface area contributed by atoms with Crippen molar-refractivity contribution in [1.82, 2.24) is 0 Å². The lowest BCUT2D eigenvalue weighted by molar-refractivity contribution is -0.147. The van der Waals surface area contributed by atoms with Crippen molar-refractivity contribution in [3.05, 3.63) is 12.2 Å². The van der Waals surface area contributed by atoms with Gasteiger partial charge in [0.05, 0.1) is 12.7 Å². The predicted octanol–water partition coefficient (Wildman–Crippen LogP) is 3.89.